The van der Waals surface area contributed by atoms with Gasteiger partial charge in [-0.1, -0.05) is 25.9 Å². The minimum Gasteiger partial charge on any atom is -0.343 e. The van der Waals surface area contributed by atoms with Crippen LogP contribution in [0.3, 0.4) is 0 Å². The van der Waals surface area contributed by atoms with E-state index < -0.39 is 5.54 Å². The number of rotatable bonds is 4. The number of aromatic nitrogens is 2. The van der Waals surface area contributed by atoms with E-state index in [1.807, 2.05) is 48.5 Å². The number of hydrogen-bond donors (Lipinski definition) is 1. The lowest BCUT2D eigenvalue weighted by atomic mass is 9.96. The molecule has 1 fully saturated rings. The highest BCUT2D eigenvalue weighted by Crippen LogP contribution is 2.26. The Hall–Kier alpha value is -1.92. The van der Waals surface area contributed by atoms with Crippen LogP contribution in [0, 0.1) is 5.92 Å². The maximum absolute atomic E-state index is 12.6. The summed E-state index contributed by atoms with van der Waals surface area (Å²) in [5.74, 6) is 0.497. The molecule has 2 rings (SSSR count). The number of likely N-dealkylation sites (tertiary alicyclic amines) is 1. The quantitative estimate of drug-likeness (QED) is 0.908. The zero-order valence-electron chi connectivity index (χ0n) is 15.6. The van der Waals surface area contributed by atoms with E-state index in [1.165, 1.54) is 0 Å². The third kappa shape index (κ3) is 3.76. The average Bonchev–Trinajstić information content (AvgIpc) is 3.03. The van der Waals surface area contributed by atoms with E-state index >= 15 is 0 Å². The molecule has 0 aromatic carbocycles. The summed E-state index contributed by atoms with van der Waals surface area (Å²) in [6.45, 7) is 14.0. The molecule has 1 N–H and O–H groups in total. The van der Waals surface area contributed by atoms with Gasteiger partial charge in [0.1, 0.15) is 0 Å². The van der Waals surface area contributed by atoms with Crippen molar-refractivity contribution in [3.05, 3.63) is 11.7 Å². The van der Waals surface area contributed by atoms with Crippen molar-refractivity contribution in [3.63, 3.8) is 0 Å². The SMILES string of the molecule is CC(C)N1C[C@H](C(=O)NC(C)(C)c2noc(C(C)(C)C)n2)CC1=O. The predicted octanol–water partition coefficient (Wildman–Crippen LogP) is 1.98. The van der Waals surface area contributed by atoms with Crippen molar-refractivity contribution < 1.29 is 14.1 Å². The molecule has 7 heteroatoms. The van der Waals surface area contributed by atoms with Crippen LogP contribution in [0.15, 0.2) is 4.52 Å². The van der Waals surface area contributed by atoms with Gasteiger partial charge in [-0.15, -0.1) is 0 Å². The number of amides is 2. The van der Waals surface area contributed by atoms with Crippen molar-refractivity contribution in [2.75, 3.05) is 6.54 Å². The van der Waals surface area contributed by atoms with Gasteiger partial charge in [-0.05, 0) is 27.7 Å². The highest BCUT2D eigenvalue weighted by atomic mass is 16.5. The summed E-state index contributed by atoms with van der Waals surface area (Å²) in [5.41, 5.74) is -1.01. The first-order chi connectivity index (χ1) is 10.9. The Labute approximate surface area is 143 Å². The minimum absolute atomic E-state index is 0.0255. The Morgan fingerprint density at radius 2 is 1.92 bits per heavy atom. The minimum atomic E-state index is -0.765. The fourth-order valence-electron chi connectivity index (χ4n) is 2.65. The van der Waals surface area contributed by atoms with E-state index in [9.17, 15) is 9.59 Å². The van der Waals surface area contributed by atoms with Gasteiger partial charge in [-0.2, -0.15) is 4.98 Å². The predicted molar refractivity (Wildman–Crippen MR) is 89.1 cm³/mol. The standard InChI is InChI=1S/C17H28N4O3/c1-10(2)21-9-11(8-12(21)22)13(23)19-17(6,7)14-18-15(24-20-14)16(3,4)5/h10-11H,8-9H2,1-7H3,(H,19,23)/t11-/m1/s1. The second-order valence-corrected chi connectivity index (χ2v) is 8.33. The van der Waals surface area contributed by atoms with Crippen molar-refractivity contribution >= 4 is 11.8 Å². The van der Waals surface area contributed by atoms with Crippen molar-refractivity contribution in [1.29, 1.82) is 0 Å². The van der Waals surface area contributed by atoms with Gasteiger partial charge in [0.25, 0.3) is 0 Å². The summed E-state index contributed by atoms with van der Waals surface area (Å²) in [7, 11) is 0. The van der Waals surface area contributed by atoms with Crippen LogP contribution in [0.5, 0.6) is 0 Å². The fraction of sp³-hybridized carbons (Fsp3) is 0.765. The number of hydrogen-bond acceptors (Lipinski definition) is 5. The Morgan fingerprint density at radius 1 is 1.29 bits per heavy atom. The van der Waals surface area contributed by atoms with Crippen LogP contribution < -0.4 is 5.32 Å². The topological polar surface area (TPSA) is 88.3 Å². The monoisotopic (exact) mass is 336 g/mol. The Kier molecular flexibility index (Phi) is 4.74. The highest BCUT2D eigenvalue weighted by molar-refractivity contribution is 5.89. The molecule has 134 valence electrons. The molecule has 1 atom stereocenters. The molecule has 0 aliphatic carbocycles. The highest BCUT2D eigenvalue weighted by Gasteiger charge is 2.39. The van der Waals surface area contributed by atoms with Crippen molar-refractivity contribution in [2.45, 2.75) is 71.9 Å². The molecule has 7 nitrogen and oxygen atoms in total. The molecule has 1 aromatic heterocycles. The summed E-state index contributed by atoms with van der Waals surface area (Å²) >= 11 is 0. The van der Waals surface area contributed by atoms with Crippen LogP contribution in [-0.2, 0) is 20.5 Å². The van der Waals surface area contributed by atoms with Crippen LogP contribution >= 0.6 is 0 Å². The molecule has 0 radical (unpaired) electrons. The average molecular weight is 336 g/mol. The van der Waals surface area contributed by atoms with E-state index in [0.717, 1.165) is 0 Å². The molecule has 24 heavy (non-hydrogen) atoms. The molecule has 1 aliphatic heterocycles. The third-order valence-electron chi connectivity index (χ3n) is 4.21. The van der Waals surface area contributed by atoms with E-state index in [-0.39, 0.29) is 35.6 Å². The summed E-state index contributed by atoms with van der Waals surface area (Å²) in [6, 6.07) is 0.106. The van der Waals surface area contributed by atoms with Gasteiger partial charge in [0.15, 0.2) is 5.82 Å². The van der Waals surface area contributed by atoms with Crippen molar-refractivity contribution in [1.82, 2.24) is 20.4 Å². The molecule has 1 saturated heterocycles. The molecule has 0 bridgehead atoms. The lowest BCUT2D eigenvalue weighted by Crippen LogP contribution is -2.45. The summed E-state index contributed by atoms with van der Waals surface area (Å²) in [4.78, 5) is 30.7. The molecular formula is C17H28N4O3. The molecule has 2 heterocycles. The lowest BCUT2D eigenvalue weighted by molar-refractivity contribution is -0.130. The second-order valence-electron chi connectivity index (χ2n) is 8.33. The lowest BCUT2D eigenvalue weighted by Gasteiger charge is -2.25. The maximum atomic E-state index is 12.6. The summed E-state index contributed by atoms with van der Waals surface area (Å²) in [6.07, 6.45) is 0.250. The van der Waals surface area contributed by atoms with Gasteiger partial charge < -0.3 is 14.7 Å². The normalized spacial score (nSPS) is 19.2. The van der Waals surface area contributed by atoms with Crippen LogP contribution in [0.4, 0.5) is 0 Å². The Balaban J connectivity index is 2.08. The van der Waals surface area contributed by atoms with E-state index in [4.69, 9.17) is 4.52 Å². The first-order valence-corrected chi connectivity index (χ1v) is 8.38. The molecule has 0 spiro atoms. The number of nitrogens with one attached hydrogen (secondary N) is 1. The van der Waals surface area contributed by atoms with Gasteiger partial charge in [0.2, 0.25) is 17.7 Å². The summed E-state index contributed by atoms with van der Waals surface area (Å²) in [5, 5.41) is 6.97. The van der Waals surface area contributed by atoms with Gasteiger partial charge >= 0.3 is 0 Å². The zero-order valence-corrected chi connectivity index (χ0v) is 15.6. The van der Waals surface area contributed by atoms with Crippen LogP contribution in [0.1, 0.15) is 66.6 Å². The van der Waals surface area contributed by atoms with Crippen molar-refractivity contribution in [2.24, 2.45) is 5.92 Å². The van der Waals surface area contributed by atoms with Gasteiger partial charge in [-0.25, -0.2) is 0 Å². The molecule has 0 saturated carbocycles. The smallest absolute Gasteiger partial charge is 0.232 e. The largest absolute Gasteiger partial charge is 0.343 e. The first-order valence-electron chi connectivity index (χ1n) is 8.38. The van der Waals surface area contributed by atoms with Gasteiger partial charge in [-0.3, -0.25) is 9.59 Å². The van der Waals surface area contributed by atoms with E-state index in [1.54, 1.807) is 4.90 Å². The number of carbonyl (C=O) groups is 2. The Bertz CT molecular complexity index is 628. The maximum Gasteiger partial charge on any atom is 0.232 e. The van der Waals surface area contributed by atoms with Crippen LogP contribution in [-0.4, -0.2) is 39.4 Å². The number of carbonyl (C=O) groups excluding carboxylic acids is 2. The number of nitrogens with zero attached hydrogens (tertiary/aromatic N) is 3. The molecule has 0 unspecified atom stereocenters. The molecular weight excluding hydrogens is 308 g/mol. The van der Waals surface area contributed by atoms with Crippen LogP contribution in [0.2, 0.25) is 0 Å². The zero-order chi connectivity index (χ0) is 18.3. The molecule has 2 amide bonds. The van der Waals surface area contributed by atoms with Gasteiger partial charge in [0.05, 0.1) is 11.5 Å². The van der Waals surface area contributed by atoms with Crippen molar-refractivity contribution in [3.8, 4) is 0 Å². The molecule has 1 aromatic rings. The third-order valence-corrected chi connectivity index (χ3v) is 4.21. The van der Waals surface area contributed by atoms with Gasteiger partial charge in [0, 0.05) is 24.4 Å². The fourth-order valence-corrected chi connectivity index (χ4v) is 2.65. The second kappa shape index (κ2) is 6.18. The Morgan fingerprint density at radius 3 is 2.38 bits per heavy atom. The molecule has 1 aliphatic rings. The van der Waals surface area contributed by atoms with Crippen LogP contribution in [0.25, 0.3) is 0 Å². The summed E-state index contributed by atoms with van der Waals surface area (Å²) < 4.78 is 5.31. The van der Waals surface area contributed by atoms with E-state index in [2.05, 4.69) is 15.5 Å². The van der Waals surface area contributed by atoms with E-state index in [0.29, 0.717) is 18.3 Å². The first kappa shape index (κ1) is 18.4.